The summed E-state index contributed by atoms with van der Waals surface area (Å²) in [6.45, 7) is 2.64. The van der Waals surface area contributed by atoms with Crippen LogP contribution < -0.4 is 4.90 Å². The summed E-state index contributed by atoms with van der Waals surface area (Å²) in [6.07, 6.45) is 1.41. The molecular formula is C20H22F2N2O. The van der Waals surface area contributed by atoms with Crippen LogP contribution in [0.4, 0.5) is 14.5 Å². The van der Waals surface area contributed by atoms with E-state index in [9.17, 15) is 13.6 Å². The minimum atomic E-state index is -0.596. The minimum absolute atomic E-state index is 0.0731. The molecule has 0 saturated heterocycles. The zero-order valence-corrected chi connectivity index (χ0v) is 14.5. The van der Waals surface area contributed by atoms with Gasteiger partial charge in [-0.05, 0) is 37.0 Å². The fourth-order valence-corrected chi connectivity index (χ4v) is 3.34. The first-order valence-corrected chi connectivity index (χ1v) is 8.51. The van der Waals surface area contributed by atoms with E-state index < -0.39 is 11.6 Å². The lowest BCUT2D eigenvalue weighted by Crippen LogP contribution is -2.42. The van der Waals surface area contributed by atoms with Crippen LogP contribution in [0.5, 0.6) is 0 Å². The van der Waals surface area contributed by atoms with Crippen molar-refractivity contribution < 1.29 is 13.6 Å². The molecule has 0 saturated carbocycles. The second kappa shape index (κ2) is 7.21. The molecule has 1 aliphatic rings. The number of rotatable bonds is 4. The molecule has 0 bridgehead atoms. The van der Waals surface area contributed by atoms with Crippen molar-refractivity contribution in [3.63, 3.8) is 0 Å². The van der Waals surface area contributed by atoms with Gasteiger partial charge in [-0.25, -0.2) is 8.78 Å². The lowest BCUT2D eigenvalue weighted by Gasteiger charge is -2.34. The Bertz CT molecular complexity index is 764. The highest BCUT2D eigenvalue weighted by atomic mass is 19.1. The monoisotopic (exact) mass is 344 g/mol. The van der Waals surface area contributed by atoms with E-state index in [-0.39, 0.29) is 18.5 Å². The van der Waals surface area contributed by atoms with Gasteiger partial charge in [-0.15, -0.1) is 0 Å². The van der Waals surface area contributed by atoms with Crippen LogP contribution in [0, 0.1) is 11.6 Å². The SMILES string of the molecule is CC(c1ccccc1)N(C)C(=O)CN1CCCc2cc(F)cc(F)c21. The first-order valence-electron chi connectivity index (χ1n) is 8.51. The molecule has 3 rings (SSSR count). The molecule has 2 aromatic rings. The van der Waals surface area contributed by atoms with Gasteiger partial charge in [0.15, 0.2) is 0 Å². The molecule has 5 heteroatoms. The number of hydrogen-bond donors (Lipinski definition) is 0. The third kappa shape index (κ3) is 3.65. The van der Waals surface area contributed by atoms with Crippen LogP contribution in [0.25, 0.3) is 0 Å². The number of amides is 1. The molecule has 2 aromatic carbocycles. The number of aryl methyl sites for hydroxylation is 1. The standard InChI is InChI=1S/C20H22F2N2O/c1-14(15-7-4-3-5-8-15)23(2)19(25)13-24-10-6-9-16-11-17(21)12-18(22)20(16)24/h3-5,7-8,11-12,14H,6,9-10,13H2,1-2H3. The van der Waals surface area contributed by atoms with Crippen molar-refractivity contribution in [3.05, 3.63) is 65.2 Å². The highest BCUT2D eigenvalue weighted by Gasteiger charge is 2.26. The topological polar surface area (TPSA) is 23.6 Å². The second-order valence-electron chi connectivity index (χ2n) is 6.51. The number of fused-ring (bicyclic) bond motifs is 1. The molecule has 1 amide bonds. The smallest absolute Gasteiger partial charge is 0.242 e. The van der Waals surface area contributed by atoms with E-state index in [0.29, 0.717) is 24.2 Å². The molecule has 1 heterocycles. The molecule has 1 unspecified atom stereocenters. The highest BCUT2D eigenvalue weighted by Crippen LogP contribution is 2.31. The van der Waals surface area contributed by atoms with E-state index in [1.54, 1.807) is 16.8 Å². The van der Waals surface area contributed by atoms with Crippen molar-refractivity contribution in [2.45, 2.75) is 25.8 Å². The summed E-state index contributed by atoms with van der Waals surface area (Å²) in [5.74, 6) is -1.26. The van der Waals surface area contributed by atoms with Gasteiger partial charge in [0.2, 0.25) is 5.91 Å². The molecule has 132 valence electrons. The number of likely N-dealkylation sites (N-methyl/N-ethyl adjacent to an activating group) is 1. The van der Waals surface area contributed by atoms with Crippen molar-refractivity contribution in [3.8, 4) is 0 Å². The van der Waals surface area contributed by atoms with Crippen LogP contribution in [0.1, 0.15) is 30.5 Å². The van der Waals surface area contributed by atoms with Gasteiger partial charge in [-0.3, -0.25) is 4.79 Å². The van der Waals surface area contributed by atoms with Crippen LogP contribution >= 0.6 is 0 Å². The largest absolute Gasteiger partial charge is 0.360 e. The first kappa shape index (κ1) is 17.4. The summed E-state index contributed by atoms with van der Waals surface area (Å²) in [7, 11) is 1.76. The number of carbonyl (C=O) groups is 1. The molecule has 0 aliphatic carbocycles. The number of benzene rings is 2. The van der Waals surface area contributed by atoms with Gasteiger partial charge in [0.05, 0.1) is 18.3 Å². The molecule has 0 radical (unpaired) electrons. The van der Waals surface area contributed by atoms with Gasteiger partial charge >= 0.3 is 0 Å². The van der Waals surface area contributed by atoms with Gasteiger partial charge in [0.1, 0.15) is 11.6 Å². The Balaban J connectivity index is 1.76. The molecule has 1 aliphatic heterocycles. The quantitative estimate of drug-likeness (QED) is 0.839. The zero-order valence-electron chi connectivity index (χ0n) is 14.5. The molecule has 0 N–H and O–H groups in total. The molecule has 0 aromatic heterocycles. The first-order chi connectivity index (χ1) is 12.0. The zero-order chi connectivity index (χ0) is 18.0. The van der Waals surface area contributed by atoms with E-state index in [0.717, 1.165) is 18.1 Å². The number of hydrogen-bond acceptors (Lipinski definition) is 2. The maximum Gasteiger partial charge on any atom is 0.242 e. The van der Waals surface area contributed by atoms with Crippen molar-refractivity contribution in [2.24, 2.45) is 0 Å². The van der Waals surface area contributed by atoms with Gasteiger partial charge < -0.3 is 9.80 Å². The van der Waals surface area contributed by atoms with Gasteiger partial charge in [0.25, 0.3) is 0 Å². The Kier molecular flexibility index (Phi) is 5.02. The fourth-order valence-electron chi connectivity index (χ4n) is 3.34. The summed E-state index contributed by atoms with van der Waals surface area (Å²) in [5.41, 5.74) is 2.04. The van der Waals surface area contributed by atoms with Gasteiger partial charge in [0, 0.05) is 19.7 Å². The molecule has 0 fully saturated rings. The Labute approximate surface area is 146 Å². The average Bonchev–Trinajstić information content (AvgIpc) is 2.60. The van der Waals surface area contributed by atoms with E-state index in [4.69, 9.17) is 0 Å². The third-order valence-corrected chi connectivity index (χ3v) is 4.88. The minimum Gasteiger partial charge on any atom is -0.360 e. The summed E-state index contributed by atoms with van der Waals surface area (Å²) in [5, 5.41) is 0. The second-order valence-corrected chi connectivity index (χ2v) is 6.51. The normalized spacial score (nSPS) is 14.8. The van der Waals surface area contributed by atoms with Gasteiger partial charge in [-0.2, -0.15) is 0 Å². The number of nitrogens with zero attached hydrogens (tertiary/aromatic N) is 2. The summed E-state index contributed by atoms with van der Waals surface area (Å²) in [4.78, 5) is 16.1. The Morgan fingerprint density at radius 2 is 1.96 bits per heavy atom. The van der Waals surface area contributed by atoms with Crippen LogP contribution in [-0.2, 0) is 11.2 Å². The molecular weight excluding hydrogens is 322 g/mol. The number of anilines is 1. The van der Waals surface area contributed by atoms with Crippen LogP contribution in [0.15, 0.2) is 42.5 Å². The number of carbonyl (C=O) groups excluding carboxylic acids is 1. The lowest BCUT2D eigenvalue weighted by atomic mass is 10.0. The van der Waals surface area contributed by atoms with Crippen molar-refractivity contribution in [1.29, 1.82) is 0 Å². The molecule has 1 atom stereocenters. The molecule has 25 heavy (non-hydrogen) atoms. The van der Waals surface area contributed by atoms with Crippen LogP contribution in [0.2, 0.25) is 0 Å². The Morgan fingerprint density at radius 3 is 2.68 bits per heavy atom. The van der Waals surface area contributed by atoms with Crippen LogP contribution in [-0.4, -0.2) is 30.9 Å². The van der Waals surface area contributed by atoms with Crippen molar-refractivity contribution in [1.82, 2.24) is 4.90 Å². The van der Waals surface area contributed by atoms with E-state index in [1.807, 2.05) is 37.3 Å². The summed E-state index contributed by atoms with van der Waals surface area (Å²) >= 11 is 0. The predicted octanol–water partition coefficient (Wildman–Crippen LogP) is 3.94. The lowest BCUT2D eigenvalue weighted by molar-refractivity contribution is -0.130. The van der Waals surface area contributed by atoms with Gasteiger partial charge in [-0.1, -0.05) is 30.3 Å². The Hall–Kier alpha value is -2.43. The maximum atomic E-state index is 14.3. The van der Waals surface area contributed by atoms with Crippen molar-refractivity contribution in [2.75, 3.05) is 25.0 Å². The maximum absolute atomic E-state index is 14.3. The van der Waals surface area contributed by atoms with E-state index in [2.05, 4.69) is 0 Å². The van der Waals surface area contributed by atoms with E-state index >= 15 is 0 Å². The predicted molar refractivity (Wildman–Crippen MR) is 94.5 cm³/mol. The highest BCUT2D eigenvalue weighted by molar-refractivity contribution is 5.82. The summed E-state index contributed by atoms with van der Waals surface area (Å²) in [6, 6.07) is 12.0. The Morgan fingerprint density at radius 1 is 1.24 bits per heavy atom. The fraction of sp³-hybridized carbons (Fsp3) is 0.350. The summed E-state index contributed by atoms with van der Waals surface area (Å²) < 4.78 is 27.7. The molecule has 3 nitrogen and oxygen atoms in total. The van der Waals surface area contributed by atoms with Crippen LogP contribution in [0.3, 0.4) is 0 Å². The third-order valence-electron chi connectivity index (χ3n) is 4.88. The van der Waals surface area contributed by atoms with Crippen molar-refractivity contribution >= 4 is 11.6 Å². The van der Waals surface area contributed by atoms with E-state index in [1.165, 1.54) is 6.07 Å². The average molecular weight is 344 g/mol. The molecule has 0 spiro atoms. The number of halogens is 2.